The van der Waals surface area contributed by atoms with Crippen molar-refractivity contribution >= 4 is 17.5 Å². The number of benzene rings is 1. The maximum absolute atomic E-state index is 11.0. The van der Waals surface area contributed by atoms with Gasteiger partial charge in [-0.25, -0.2) is 4.98 Å². The second-order valence-electron chi connectivity index (χ2n) is 4.54. The van der Waals surface area contributed by atoms with Crippen LogP contribution in [0.15, 0.2) is 30.5 Å². The minimum absolute atomic E-state index is 0.0155. The molecule has 0 saturated heterocycles. The largest absolute Gasteiger partial charge is 0.368 e. The van der Waals surface area contributed by atoms with Gasteiger partial charge >= 0.3 is 5.69 Å². The lowest BCUT2D eigenvalue weighted by Crippen LogP contribution is -2.20. The van der Waals surface area contributed by atoms with E-state index in [0.29, 0.717) is 6.54 Å². The molecule has 1 aromatic carbocycles. The van der Waals surface area contributed by atoms with E-state index in [1.807, 2.05) is 31.2 Å². The Bertz CT molecular complexity index is 644. The molecule has 0 bridgehead atoms. The van der Waals surface area contributed by atoms with E-state index >= 15 is 0 Å². The maximum atomic E-state index is 11.0. The second kappa shape index (κ2) is 5.52. The first kappa shape index (κ1) is 13.7. The monoisotopic (exact) mass is 273 g/mol. The summed E-state index contributed by atoms with van der Waals surface area (Å²) in [6.07, 6.45) is 1.13. The van der Waals surface area contributed by atoms with Crippen LogP contribution in [-0.4, -0.2) is 21.9 Å². The van der Waals surface area contributed by atoms with E-state index in [9.17, 15) is 10.1 Å². The Kier molecular flexibility index (Phi) is 3.79. The fraction of sp³-hybridized carbons (Fsp3) is 0.231. The van der Waals surface area contributed by atoms with E-state index in [1.165, 1.54) is 0 Å². The minimum Gasteiger partial charge on any atom is -0.368 e. The maximum Gasteiger partial charge on any atom is 0.329 e. The van der Waals surface area contributed by atoms with Crippen molar-refractivity contribution in [2.45, 2.75) is 13.5 Å². The third-order valence-corrected chi connectivity index (χ3v) is 2.83. The molecule has 2 aromatic rings. The number of hydrogen-bond acceptors (Lipinski definition) is 6. The summed E-state index contributed by atoms with van der Waals surface area (Å²) in [7, 11) is 1.73. The average Bonchev–Trinajstić information content (AvgIpc) is 2.38. The number of aryl methyl sites for hydroxylation is 1. The van der Waals surface area contributed by atoms with Gasteiger partial charge in [0.05, 0.1) is 4.92 Å². The summed E-state index contributed by atoms with van der Waals surface area (Å²) in [5.41, 5.74) is 7.53. The third kappa shape index (κ3) is 3.00. The summed E-state index contributed by atoms with van der Waals surface area (Å²) < 4.78 is 0. The van der Waals surface area contributed by atoms with E-state index in [0.717, 1.165) is 17.3 Å². The molecule has 0 saturated carbocycles. The molecule has 1 heterocycles. The van der Waals surface area contributed by atoms with Gasteiger partial charge in [0.2, 0.25) is 11.8 Å². The van der Waals surface area contributed by atoms with E-state index < -0.39 is 4.92 Å². The first-order valence-corrected chi connectivity index (χ1v) is 6.01. The van der Waals surface area contributed by atoms with Crippen molar-refractivity contribution in [2.24, 2.45) is 0 Å². The van der Waals surface area contributed by atoms with Crippen LogP contribution in [0, 0.1) is 17.0 Å². The van der Waals surface area contributed by atoms with Crippen LogP contribution in [0.25, 0.3) is 0 Å². The fourth-order valence-electron chi connectivity index (χ4n) is 1.95. The van der Waals surface area contributed by atoms with Gasteiger partial charge in [0.25, 0.3) is 0 Å². The first-order valence-electron chi connectivity index (χ1n) is 6.01. The van der Waals surface area contributed by atoms with Crippen LogP contribution in [0.2, 0.25) is 0 Å². The van der Waals surface area contributed by atoms with Gasteiger partial charge in [0.15, 0.2) is 0 Å². The van der Waals surface area contributed by atoms with Gasteiger partial charge in [-0.15, -0.1) is 0 Å². The number of anilines is 2. The van der Waals surface area contributed by atoms with Crippen LogP contribution in [0.5, 0.6) is 0 Å². The summed E-state index contributed by atoms with van der Waals surface area (Å²) in [4.78, 5) is 19.8. The standard InChI is InChI=1S/C13H15N5O2/c1-9-4-3-5-10(6-9)8-17(2)12-11(18(19)20)7-15-13(14)16-12/h3-7H,8H2,1-2H3,(H2,14,15,16). The van der Waals surface area contributed by atoms with Crippen LogP contribution in [0.1, 0.15) is 11.1 Å². The number of nitrogens with two attached hydrogens (primary N) is 1. The molecule has 20 heavy (non-hydrogen) atoms. The zero-order valence-electron chi connectivity index (χ0n) is 11.3. The zero-order chi connectivity index (χ0) is 14.7. The van der Waals surface area contributed by atoms with Crippen molar-refractivity contribution < 1.29 is 4.92 Å². The van der Waals surface area contributed by atoms with Crippen LogP contribution < -0.4 is 10.6 Å². The average molecular weight is 273 g/mol. The van der Waals surface area contributed by atoms with Gasteiger partial charge in [-0.1, -0.05) is 29.8 Å². The lowest BCUT2D eigenvalue weighted by atomic mass is 10.1. The van der Waals surface area contributed by atoms with Gasteiger partial charge < -0.3 is 10.6 Å². The predicted octanol–water partition coefficient (Wildman–Crippen LogP) is 1.91. The topological polar surface area (TPSA) is 98.2 Å². The second-order valence-corrected chi connectivity index (χ2v) is 4.54. The molecule has 2 N–H and O–H groups in total. The number of nitrogens with zero attached hydrogens (tertiary/aromatic N) is 4. The molecule has 0 fully saturated rings. The van der Waals surface area contributed by atoms with Crippen molar-refractivity contribution in [3.05, 3.63) is 51.7 Å². The zero-order valence-corrected chi connectivity index (χ0v) is 11.3. The van der Waals surface area contributed by atoms with E-state index in [2.05, 4.69) is 9.97 Å². The van der Waals surface area contributed by atoms with E-state index in [4.69, 9.17) is 5.73 Å². The molecule has 0 radical (unpaired) electrons. The molecule has 1 aromatic heterocycles. The Morgan fingerprint density at radius 2 is 2.20 bits per heavy atom. The van der Waals surface area contributed by atoms with Crippen molar-refractivity contribution in [1.29, 1.82) is 0 Å². The molecule has 7 heteroatoms. The molecule has 0 amide bonds. The predicted molar refractivity (Wildman–Crippen MR) is 76.4 cm³/mol. The van der Waals surface area contributed by atoms with Crippen LogP contribution >= 0.6 is 0 Å². The highest BCUT2D eigenvalue weighted by Gasteiger charge is 2.20. The molecule has 0 aliphatic heterocycles. The molecular formula is C13H15N5O2. The third-order valence-electron chi connectivity index (χ3n) is 2.83. The molecule has 0 aliphatic carbocycles. The summed E-state index contributed by atoms with van der Waals surface area (Å²) in [6, 6.07) is 7.92. The molecular weight excluding hydrogens is 258 g/mol. The van der Waals surface area contributed by atoms with Gasteiger partial charge in [-0.05, 0) is 12.5 Å². The van der Waals surface area contributed by atoms with Crippen molar-refractivity contribution in [3.8, 4) is 0 Å². The highest BCUT2D eigenvalue weighted by Crippen LogP contribution is 2.25. The van der Waals surface area contributed by atoms with Crippen molar-refractivity contribution in [2.75, 3.05) is 17.7 Å². The van der Waals surface area contributed by atoms with Crippen LogP contribution in [0.4, 0.5) is 17.5 Å². The Morgan fingerprint density at radius 3 is 2.85 bits per heavy atom. The van der Waals surface area contributed by atoms with E-state index in [1.54, 1.807) is 11.9 Å². The Balaban J connectivity index is 2.31. The molecule has 0 unspecified atom stereocenters. The number of nitro groups is 1. The summed E-state index contributed by atoms with van der Waals surface area (Å²) >= 11 is 0. The minimum atomic E-state index is -0.512. The quantitative estimate of drug-likeness (QED) is 0.675. The number of nitrogen functional groups attached to an aromatic ring is 1. The number of rotatable bonds is 4. The van der Waals surface area contributed by atoms with Gasteiger partial charge in [0.1, 0.15) is 6.20 Å². The van der Waals surface area contributed by atoms with Crippen LogP contribution in [0.3, 0.4) is 0 Å². The SMILES string of the molecule is Cc1cccc(CN(C)c2nc(N)ncc2[N+](=O)[O-])c1. The van der Waals surface area contributed by atoms with E-state index in [-0.39, 0.29) is 17.5 Å². The smallest absolute Gasteiger partial charge is 0.329 e. The number of hydrogen-bond donors (Lipinski definition) is 1. The van der Waals surface area contributed by atoms with Crippen molar-refractivity contribution in [3.63, 3.8) is 0 Å². The Morgan fingerprint density at radius 1 is 1.45 bits per heavy atom. The fourth-order valence-corrected chi connectivity index (χ4v) is 1.95. The Hall–Kier alpha value is -2.70. The highest BCUT2D eigenvalue weighted by molar-refractivity contribution is 5.58. The first-order chi connectivity index (χ1) is 9.47. The molecule has 0 spiro atoms. The van der Waals surface area contributed by atoms with Gasteiger partial charge in [-0.3, -0.25) is 10.1 Å². The highest BCUT2D eigenvalue weighted by atomic mass is 16.6. The molecule has 0 atom stereocenters. The van der Waals surface area contributed by atoms with Gasteiger partial charge in [0, 0.05) is 13.6 Å². The summed E-state index contributed by atoms with van der Waals surface area (Å²) in [5.74, 6) is 0.227. The normalized spacial score (nSPS) is 10.3. The number of aromatic nitrogens is 2. The Labute approximate surface area is 116 Å². The lowest BCUT2D eigenvalue weighted by molar-refractivity contribution is -0.384. The summed E-state index contributed by atoms with van der Waals surface area (Å²) in [5, 5.41) is 11.0. The molecule has 0 aliphatic rings. The molecule has 2 rings (SSSR count). The molecule has 7 nitrogen and oxygen atoms in total. The molecule has 104 valence electrons. The van der Waals surface area contributed by atoms with Gasteiger partial charge in [-0.2, -0.15) is 4.98 Å². The lowest BCUT2D eigenvalue weighted by Gasteiger charge is -2.18. The van der Waals surface area contributed by atoms with Crippen molar-refractivity contribution in [1.82, 2.24) is 9.97 Å². The van der Waals surface area contributed by atoms with Crippen LogP contribution in [-0.2, 0) is 6.54 Å². The summed E-state index contributed by atoms with van der Waals surface area (Å²) in [6.45, 7) is 2.49.